The first-order valence-corrected chi connectivity index (χ1v) is 1.39. The minimum atomic E-state index is -2.85. The fraction of sp³-hybridized carbons (Fsp3) is 0. The van der Waals surface area contributed by atoms with E-state index in [1.54, 1.807) is 0 Å². The van der Waals surface area contributed by atoms with E-state index in [9.17, 15) is 0 Å². The van der Waals surface area contributed by atoms with Crippen LogP contribution in [0.2, 0.25) is 0 Å². The Morgan fingerprint density at radius 1 is 1.00 bits per heavy atom. The predicted molar refractivity (Wildman–Crippen MR) is 0 cm³/mol. The molecule has 0 amide bonds. The van der Waals surface area contributed by atoms with Crippen LogP contribution in [0.1, 0.15) is 0 Å². The molecule has 0 aliphatic rings. The molecule has 0 rings (SSSR count). The third kappa shape index (κ3) is 29.1. The van der Waals surface area contributed by atoms with Crippen LogP contribution in [0, 0.1) is 10.8 Å². The van der Waals surface area contributed by atoms with E-state index in [4.69, 9.17) is 14.0 Å². The van der Waals surface area contributed by atoms with Gasteiger partial charge in [0, 0.05) is 0 Å². The molecular formula is ClKNaO3+. The average Bonchev–Trinajstić information content (AvgIpc) is 0.811. The van der Waals surface area contributed by atoms with Gasteiger partial charge in [-0.15, -0.1) is 0 Å². The van der Waals surface area contributed by atoms with Crippen LogP contribution < -0.4 is 94.9 Å². The van der Waals surface area contributed by atoms with Crippen LogP contribution in [-0.4, -0.2) is 0 Å². The van der Waals surface area contributed by atoms with Crippen LogP contribution in [0.5, 0.6) is 0 Å². The molecule has 0 aromatic rings. The molecule has 0 bridgehead atoms. The van der Waals surface area contributed by atoms with Crippen LogP contribution in [0.4, 0.5) is 0 Å². The average molecular weight is 146 g/mol. The van der Waals surface area contributed by atoms with Crippen molar-refractivity contribution in [1.29, 1.82) is 0 Å². The van der Waals surface area contributed by atoms with Gasteiger partial charge in [-0.05, 0) is 0 Å². The molecule has 0 spiro atoms. The molecule has 0 radical (unpaired) electrons. The first-order chi connectivity index (χ1) is 1.73. The van der Waals surface area contributed by atoms with Crippen molar-refractivity contribution in [2.24, 2.45) is 0 Å². The maximum Gasteiger partial charge on any atom is 1.00 e. The van der Waals surface area contributed by atoms with E-state index >= 15 is 0 Å². The first kappa shape index (κ1) is 15.9. The van der Waals surface area contributed by atoms with Gasteiger partial charge in [0.1, 0.15) is 0 Å². The second-order valence-corrected chi connectivity index (χ2v) is 0.567. The van der Waals surface area contributed by atoms with Gasteiger partial charge in [0.2, 0.25) is 0 Å². The van der Waals surface area contributed by atoms with Gasteiger partial charge < -0.3 is 14.0 Å². The number of halogens is 1. The standard InChI is InChI=1S/ClO3.K.Na/c2-1(3)4;;/q-1;2*+1. The molecule has 0 aromatic heterocycles. The summed E-state index contributed by atoms with van der Waals surface area (Å²) in [5.74, 6) is 0. The van der Waals surface area contributed by atoms with Crippen molar-refractivity contribution >= 4 is 0 Å². The zero-order chi connectivity index (χ0) is 3.58. The Bertz CT molecular complexity index is 15.5. The summed E-state index contributed by atoms with van der Waals surface area (Å²) in [6.07, 6.45) is 0. The summed E-state index contributed by atoms with van der Waals surface area (Å²) in [5.41, 5.74) is 0. The summed E-state index contributed by atoms with van der Waals surface area (Å²) in [7, 11) is -2.85. The van der Waals surface area contributed by atoms with Gasteiger partial charge >= 0.3 is 80.9 Å². The molecule has 0 saturated carbocycles. The van der Waals surface area contributed by atoms with Crippen molar-refractivity contribution in [1.82, 2.24) is 0 Å². The van der Waals surface area contributed by atoms with Crippen LogP contribution in [0.25, 0.3) is 0 Å². The summed E-state index contributed by atoms with van der Waals surface area (Å²) in [6.45, 7) is 0. The fourth-order valence-corrected chi connectivity index (χ4v) is 0. The zero-order valence-corrected chi connectivity index (χ0v) is 9.48. The molecule has 0 heterocycles. The molecular weight excluding hydrogens is 146 g/mol. The predicted octanol–water partition coefficient (Wildman–Crippen LogP) is -9.56. The van der Waals surface area contributed by atoms with Crippen molar-refractivity contribution in [2.75, 3.05) is 0 Å². The number of hydrogen-bond acceptors (Lipinski definition) is 3. The summed E-state index contributed by atoms with van der Waals surface area (Å²) >= 11 is 0. The minimum Gasteiger partial charge on any atom is -0.357 e. The van der Waals surface area contributed by atoms with Crippen LogP contribution in [-0.2, 0) is 0 Å². The topological polar surface area (TPSA) is 69.2 Å². The SMILES string of the molecule is [K+].[Na+].[O-][Cl+2]([O-])[O-]. The molecule has 6 heavy (non-hydrogen) atoms. The molecule has 0 saturated heterocycles. The van der Waals surface area contributed by atoms with Gasteiger partial charge in [-0.25, -0.2) is 0 Å². The van der Waals surface area contributed by atoms with Gasteiger partial charge in [-0.3, -0.25) is 0 Å². The zero-order valence-electron chi connectivity index (χ0n) is 3.60. The first-order valence-electron chi connectivity index (χ1n) is 0.463. The molecule has 0 unspecified atom stereocenters. The Kier molecular flexibility index (Phi) is 28.5. The summed E-state index contributed by atoms with van der Waals surface area (Å²) in [5, 5.41) is 0. The third-order valence-electron chi connectivity index (χ3n) is 0. The molecule has 26 valence electrons. The van der Waals surface area contributed by atoms with E-state index in [2.05, 4.69) is 0 Å². The van der Waals surface area contributed by atoms with Gasteiger partial charge in [-0.2, -0.15) is 0 Å². The van der Waals surface area contributed by atoms with Gasteiger partial charge in [-0.1, -0.05) is 0 Å². The van der Waals surface area contributed by atoms with Crippen molar-refractivity contribution in [3.05, 3.63) is 0 Å². The van der Waals surface area contributed by atoms with Crippen molar-refractivity contribution in [2.45, 2.75) is 0 Å². The Morgan fingerprint density at radius 2 is 1.00 bits per heavy atom. The number of rotatable bonds is 0. The molecule has 0 fully saturated rings. The Morgan fingerprint density at radius 3 is 1.00 bits per heavy atom. The van der Waals surface area contributed by atoms with Crippen LogP contribution in [0.3, 0.4) is 0 Å². The molecule has 6 heteroatoms. The van der Waals surface area contributed by atoms with Crippen molar-refractivity contribution < 1.29 is 106 Å². The second-order valence-electron chi connectivity index (χ2n) is 0.189. The van der Waals surface area contributed by atoms with E-state index in [1.807, 2.05) is 0 Å². The maximum absolute atomic E-state index is 8.41. The summed E-state index contributed by atoms with van der Waals surface area (Å²) in [4.78, 5) is 0. The van der Waals surface area contributed by atoms with Gasteiger partial charge in [0.25, 0.3) is 0 Å². The van der Waals surface area contributed by atoms with Crippen molar-refractivity contribution in [3.8, 4) is 0 Å². The van der Waals surface area contributed by atoms with Crippen molar-refractivity contribution in [3.63, 3.8) is 0 Å². The quantitative estimate of drug-likeness (QED) is 0.318. The van der Waals surface area contributed by atoms with Crippen LogP contribution in [0.15, 0.2) is 0 Å². The third-order valence-corrected chi connectivity index (χ3v) is 0. The summed E-state index contributed by atoms with van der Waals surface area (Å²) < 4.78 is 25.2. The van der Waals surface area contributed by atoms with Crippen LogP contribution >= 0.6 is 0 Å². The second kappa shape index (κ2) is 10.7. The molecule has 0 aliphatic carbocycles. The Labute approximate surface area is 103 Å². The maximum atomic E-state index is 8.41. The van der Waals surface area contributed by atoms with E-state index in [-0.39, 0.29) is 80.9 Å². The Balaban J connectivity index is -0.0000000450. The number of hydrogen-bond donors (Lipinski definition) is 0. The fourth-order valence-electron chi connectivity index (χ4n) is 0. The molecule has 3 nitrogen and oxygen atoms in total. The Hall–Kier alpha value is 2.81. The minimum absolute atomic E-state index is 0. The monoisotopic (exact) mass is 145 g/mol. The summed E-state index contributed by atoms with van der Waals surface area (Å²) in [6, 6.07) is 0. The van der Waals surface area contributed by atoms with Gasteiger partial charge in [0.05, 0.1) is 10.8 Å². The normalized spacial score (nSPS) is 6.00. The van der Waals surface area contributed by atoms with Gasteiger partial charge in [0.15, 0.2) is 0 Å². The van der Waals surface area contributed by atoms with E-state index in [1.165, 1.54) is 0 Å². The van der Waals surface area contributed by atoms with E-state index in [0.29, 0.717) is 0 Å². The van der Waals surface area contributed by atoms with E-state index in [0.717, 1.165) is 0 Å². The van der Waals surface area contributed by atoms with E-state index < -0.39 is 10.8 Å². The molecule has 0 aromatic carbocycles. The smallest absolute Gasteiger partial charge is 0.357 e. The molecule has 0 atom stereocenters. The largest absolute Gasteiger partial charge is 1.00 e. The molecule has 0 N–H and O–H groups in total. The molecule has 0 aliphatic heterocycles.